The van der Waals surface area contributed by atoms with Gasteiger partial charge in [-0.05, 0) is 39.0 Å². The molecule has 0 aliphatic heterocycles. The minimum atomic E-state index is -0.935. The standard InChI is InChI=1S/C12H24O2.2C4H6O2/c1-2-8-12(9-13,10-14)11-6-4-3-5-7-11;2*1-3(2)4(5)6/h11,13-14H,2-10H2,1H3;2*1H2,2H3,(H,5,6). The van der Waals surface area contributed by atoms with Crippen LogP contribution in [0, 0.1) is 11.3 Å². The Labute approximate surface area is 157 Å². The van der Waals surface area contributed by atoms with Gasteiger partial charge in [-0.15, -0.1) is 0 Å². The lowest BCUT2D eigenvalue weighted by Gasteiger charge is -2.40. The summed E-state index contributed by atoms with van der Waals surface area (Å²) in [5.41, 5.74) is 0.167. The van der Waals surface area contributed by atoms with E-state index in [0.29, 0.717) is 5.92 Å². The maximum atomic E-state index is 9.60. The van der Waals surface area contributed by atoms with Crippen LogP contribution >= 0.6 is 0 Å². The molecule has 1 saturated carbocycles. The molecular weight excluding hydrogens is 336 g/mol. The predicted molar refractivity (Wildman–Crippen MR) is 103 cm³/mol. The van der Waals surface area contributed by atoms with Crippen molar-refractivity contribution in [1.29, 1.82) is 0 Å². The van der Waals surface area contributed by atoms with Crippen molar-refractivity contribution in [3.8, 4) is 0 Å². The lowest BCUT2D eigenvalue weighted by Crippen LogP contribution is -2.39. The molecule has 4 N–H and O–H groups in total. The molecule has 152 valence electrons. The lowest BCUT2D eigenvalue weighted by molar-refractivity contribution is -0.133. The molecule has 0 aromatic carbocycles. The van der Waals surface area contributed by atoms with Crippen LogP contribution in [0.1, 0.15) is 65.7 Å². The normalized spacial score (nSPS) is 14.2. The fraction of sp³-hybridized carbons (Fsp3) is 0.700. The van der Waals surface area contributed by atoms with E-state index in [1.54, 1.807) is 0 Å². The van der Waals surface area contributed by atoms with Gasteiger partial charge >= 0.3 is 11.9 Å². The first-order chi connectivity index (χ1) is 12.1. The Morgan fingerprint density at radius 3 is 1.50 bits per heavy atom. The number of carboxylic acid groups (broad SMARTS) is 2. The summed E-state index contributed by atoms with van der Waals surface area (Å²) < 4.78 is 0. The second kappa shape index (κ2) is 14.5. The summed E-state index contributed by atoms with van der Waals surface area (Å²) in [6.45, 7) is 11.6. The Morgan fingerprint density at radius 2 is 1.27 bits per heavy atom. The zero-order chi connectivity index (χ0) is 20.8. The van der Waals surface area contributed by atoms with Crippen LogP contribution in [0.5, 0.6) is 0 Å². The van der Waals surface area contributed by atoms with Gasteiger partial charge < -0.3 is 20.4 Å². The summed E-state index contributed by atoms with van der Waals surface area (Å²) in [6.07, 6.45) is 8.28. The highest BCUT2D eigenvalue weighted by Crippen LogP contribution is 2.41. The number of aliphatic hydroxyl groups excluding tert-OH is 2. The highest BCUT2D eigenvalue weighted by molar-refractivity contribution is 5.85. The molecule has 0 unspecified atom stereocenters. The number of rotatable bonds is 7. The van der Waals surface area contributed by atoms with Crippen molar-refractivity contribution in [2.24, 2.45) is 11.3 Å². The van der Waals surface area contributed by atoms with Crippen LogP contribution in [-0.2, 0) is 9.59 Å². The number of carbonyl (C=O) groups is 2. The maximum Gasteiger partial charge on any atom is 0.330 e. The molecule has 1 rings (SSSR count). The number of aliphatic carboxylic acids is 2. The average Bonchev–Trinajstić information content (AvgIpc) is 2.61. The third kappa shape index (κ3) is 11.1. The van der Waals surface area contributed by atoms with Gasteiger partial charge in [-0.1, -0.05) is 45.8 Å². The van der Waals surface area contributed by atoms with E-state index in [4.69, 9.17) is 10.2 Å². The van der Waals surface area contributed by atoms with Gasteiger partial charge in [0.05, 0.1) is 13.2 Å². The molecule has 6 nitrogen and oxygen atoms in total. The zero-order valence-corrected chi connectivity index (χ0v) is 16.5. The fourth-order valence-corrected chi connectivity index (χ4v) is 2.88. The third-order valence-corrected chi connectivity index (χ3v) is 4.58. The minimum Gasteiger partial charge on any atom is -0.478 e. The average molecular weight is 373 g/mol. The predicted octanol–water partition coefficient (Wildman–Crippen LogP) is 3.63. The molecule has 0 bridgehead atoms. The molecule has 6 heteroatoms. The van der Waals surface area contributed by atoms with E-state index < -0.39 is 11.9 Å². The fourth-order valence-electron chi connectivity index (χ4n) is 2.88. The van der Waals surface area contributed by atoms with E-state index in [1.807, 2.05) is 0 Å². The second-order valence-corrected chi connectivity index (χ2v) is 6.93. The van der Waals surface area contributed by atoms with E-state index in [9.17, 15) is 19.8 Å². The molecule has 0 radical (unpaired) electrons. The molecule has 0 saturated heterocycles. The molecular formula is C20H36O6. The van der Waals surface area contributed by atoms with Crippen LogP contribution in [0.4, 0.5) is 0 Å². The SMILES string of the molecule is C=C(C)C(=O)O.C=C(C)C(=O)O.CCCC(CO)(CO)C1CCCCC1. The van der Waals surface area contributed by atoms with E-state index >= 15 is 0 Å². The van der Waals surface area contributed by atoms with E-state index in [-0.39, 0.29) is 29.8 Å². The molecule has 1 aliphatic carbocycles. The molecule has 1 fully saturated rings. The smallest absolute Gasteiger partial charge is 0.330 e. The van der Waals surface area contributed by atoms with E-state index in [2.05, 4.69) is 20.1 Å². The summed E-state index contributed by atoms with van der Waals surface area (Å²) in [5.74, 6) is -1.32. The molecule has 1 aliphatic rings. The Bertz CT molecular complexity index is 397. The Kier molecular flexibility index (Phi) is 14.8. The Balaban J connectivity index is 0. The van der Waals surface area contributed by atoms with Crippen molar-refractivity contribution in [3.63, 3.8) is 0 Å². The number of hydrogen-bond donors (Lipinski definition) is 4. The van der Waals surface area contributed by atoms with Gasteiger partial charge in [0.25, 0.3) is 0 Å². The Morgan fingerprint density at radius 1 is 0.923 bits per heavy atom. The molecule has 26 heavy (non-hydrogen) atoms. The van der Waals surface area contributed by atoms with E-state index in [1.165, 1.54) is 46.0 Å². The summed E-state index contributed by atoms with van der Waals surface area (Å²) >= 11 is 0. The summed E-state index contributed by atoms with van der Waals surface area (Å²) in [7, 11) is 0. The highest BCUT2D eigenvalue weighted by Gasteiger charge is 2.37. The molecule has 0 aromatic heterocycles. The number of carboxylic acids is 2. The first-order valence-corrected chi connectivity index (χ1v) is 9.07. The molecule has 0 heterocycles. The lowest BCUT2D eigenvalue weighted by atomic mass is 9.67. The molecule has 0 amide bonds. The highest BCUT2D eigenvalue weighted by atomic mass is 16.4. The number of aliphatic hydroxyl groups is 2. The first-order valence-electron chi connectivity index (χ1n) is 9.07. The quantitative estimate of drug-likeness (QED) is 0.507. The topological polar surface area (TPSA) is 115 Å². The van der Waals surface area contributed by atoms with Crippen molar-refractivity contribution >= 4 is 11.9 Å². The third-order valence-electron chi connectivity index (χ3n) is 4.58. The van der Waals surface area contributed by atoms with Gasteiger partial charge in [0.1, 0.15) is 0 Å². The molecule has 0 aromatic rings. The van der Waals surface area contributed by atoms with Gasteiger partial charge in [-0.25, -0.2) is 9.59 Å². The van der Waals surface area contributed by atoms with Crippen molar-refractivity contribution in [1.82, 2.24) is 0 Å². The minimum absolute atomic E-state index is 0.155. The van der Waals surface area contributed by atoms with Crippen LogP contribution < -0.4 is 0 Å². The monoisotopic (exact) mass is 372 g/mol. The molecule has 0 spiro atoms. The van der Waals surface area contributed by atoms with E-state index in [0.717, 1.165) is 12.8 Å². The maximum absolute atomic E-state index is 9.60. The van der Waals surface area contributed by atoms with Gasteiger partial charge in [-0.2, -0.15) is 0 Å². The summed E-state index contributed by atoms with van der Waals surface area (Å²) in [5, 5.41) is 34.8. The largest absolute Gasteiger partial charge is 0.478 e. The van der Waals surface area contributed by atoms with Crippen molar-refractivity contribution < 1.29 is 30.0 Å². The van der Waals surface area contributed by atoms with Crippen molar-refractivity contribution in [3.05, 3.63) is 24.3 Å². The molecule has 0 atom stereocenters. The van der Waals surface area contributed by atoms with Gasteiger partial charge in [0.2, 0.25) is 0 Å². The van der Waals surface area contributed by atoms with Crippen LogP contribution in [-0.4, -0.2) is 45.6 Å². The Hall–Kier alpha value is -1.66. The van der Waals surface area contributed by atoms with Crippen LogP contribution in [0.3, 0.4) is 0 Å². The van der Waals surface area contributed by atoms with Crippen molar-refractivity contribution in [2.75, 3.05) is 13.2 Å². The van der Waals surface area contributed by atoms with Gasteiger partial charge in [0, 0.05) is 16.6 Å². The van der Waals surface area contributed by atoms with Crippen LogP contribution in [0.25, 0.3) is 0 Å². The summed E-state index contributed by atoms with van der Waals surface area (Å²) in [6, 6.07) is 0. The van der Waals surface area contributed by atoms with Gasteiger partial charge in [0.15, 0.2) is 0 Å². The van der Waals surface area contributed by atoms with Crippen molar-refractivity contribution in [2.45, 2.75) is 65.7 Å². The van der Waals surface area contributed by atoms with Gasteiger partial charge in [-0.3, -0.25) is 0 Å². The van der Waals surface area contributed by atoms with Crippen LogP contribution in [0.2, 0.25) is 0 Å². The number of hydrogen-bond acceptors (Lipinski definition) is 4. The summed E-state index contributed by atoms with van der Waals surface area (Å²) in [4.78, 5) is 19.2. The second-order valence-electron chi connectivity index (χ2n) is 6.93. The first kappa shape index (κ1) is 26.6. The van der Waals surface area contributed by atoms with Crippen LogP contribution in [0.15, 0.2) is 24.3 Å². The zero-order valence-electron chi connectivity index (χ0n) is 16.5.